The van der Waals surface area contributed by atoms with Gasteiger partial charge in [0.05, 0.1) is 0 Å². The molecule has 0 unspecified atom stereocenters. The van der Waals surface area contributed by atoms with Crippen molar-refractivity contribution >= 4 is 11.8 Å². The van der Waals surface area contributed by atoms with E-state index in [0.29, 0.717) is 13.0 Å². The highest BCUT2D eigenvalue weighted by molar-refractivity contribution is 5.84. The number of hydrogen-bond donors (Lipinski definition) is 2. The number of amides is 2. The highest BCUT2D eigenvalue weighted by atomic mass is 16.2. The summed E-state index contributed by atoms with van der Waals surface area (Å²) in [6.45, 7) is 0.445. The lowest BCUT2D eigenvalue weighted by atomic mass is 9.49. The number of nitrogens with zero attached hydrogens (tertiary/aromatic N) is 1. The summed E-state index contributed by atoms with van der Waals surface area (Å²) in [6.07, 6.45) is 7.61. The smallest absolute Gasteiger partial charge is 0.236 e. The van der Waals surface area contributed by atoms with Crippen LogP contribution in [0.4, 0.5) is 0 Å². The van der Waals surface area contributed by atoms with Crippen molar-refractivity contribution in [2.45, 2.75) is 44.9 Å². The van der Waals surface area contributed by atoms with E-state index >= 15 is 0 Å². The summed E-state index contributed by atoms with van der Waals surface area (Å²) in [5.41, 5.74) is 2.59. The van der Waals surface area contributed by atoms with E-state index in [-0.39, 0.29) is 17.2 Å². The third-order valence-electron chi connectivity index (χ3n) is 5.51. The van der Waals surface area contributed by atoms with Crippen molar-refractivity contribution in [2.75, 3.05) is 20.6 Å². The molecule has 4 rings (SSSR count). The number of carbonyl (C=O) groups is 2. The number of nitrogens with one attached hydrogen (secondary N) is 2. The molecule has 0 saturated heterocycles. The Kier molecular flexibility index (Phi) is 3.95. The lowest BCUT2D eigenvalue weighted by Crippen LogP contribution is -2.53. The Morgan fingerprint density at radius 3 is 2.05 bits per heavy atom. The molecule has 0 atom stereocenters. The van der Waals surface area contributed by atoms with E-state index in [1.54, 1.807) is 19.1 Å². The zero-order valence-electron chi connectivity index (χ0n) is 13.2. The van der Waals surface area contributed by atoms with E-state index in [0.717, 1.165) is 37.0 Å². The third-order valence-corrected chi connectivity index (χ3v) is 5.51. The van der Waals surface area contributed by atoms with Crippen LogP contribution in [0.3, 0.4) is 0 Å². The SMILES string of the molecule is CN(C)NC(=O)CCNC(=O)C12CC3CC(CC(C3)C1)C2. The molecular weight excluding hydrogens is 266 g/mol. The van der Waals surface area contributed by atoms with Gasteiger partial charge in [-0.1, -0.05) is 0 Å². The molecule has 2 amide bonds. The Labute approximate surface area is 126 Å². The minimum Gasteiger partial charge on any atom is -0.355 e. The van der Waals surface area contributed by atoms with Gasteiger partial charge in [0.25, 0.3) is 0 Å². The minimum absolute atomic E-state index is 0.0502. The van der Waals surface area contributed by atoms with Crippen LogP contribution in [0.15, 0.2) is 0 Å². The molecule has 4 aliphatic rings. The zero-order chi connectivity index (χ0) is 15.0. The second-order valence-corrected chi connectivity index (χ2v) is 7.63. The molecule has 0 aromatic heterocycles. The molecular formula is C16H27N3O2. The summed E-state index contributed by atoms with van der Waals surface area (Å²) in [5.74, 6) is 2.49. The maximum Gasteiger partial charge on any atom is 0.236 e. The van der Waals surface area contributed by atoms with Gasteiger partial charge in [0.2, 0.25) is 11.8 Å². The largest absolute Gasteiger partial charge is 0.355 e. The summed E-state index contributed by atoms with van der Waals surface area (Å²) >= 11 is 0. The quantitative estimate of drug-likeness (QED) is 0.751. The summed E-state index contributed by atoms with van der Waals surface area (Å²) in [4.78, 5) is 24.2. The first-order valence-electron chi connectivity index (χ1n) is 8.22. The van der Waals surface area contributed by atoms with Gasteiger partial charge in [0, 0.05) is 32.5 Å². The van der Waals surface area contributed by atoms with Gasteiger partial charge in [-0.15, -0.1) is 0 Å². The van der Waals surface area contributed by atoms with E-state index in [2.05, 4.69) is 10.7 Å². The summed E-state index contributed by atoms with van der Waals surface area (Å²) in [5, 5.41) is 4.65. The molecule has 4 fully saturated rings. The molecule has 2 N–H and O–H groups in total. The minimum atomic E-state index is -0.104. The average Bonchev–Trinajstić information content (AvgIpc) is 2.35. The van der Waals surface area contributed by atoms with Crippen LogP contribution in [-0.4, -0.2) is 37.5 Å². The molecule has 4 saturated carbocycles. The van der Waals surface area contributed by atoms with Gasteiger partial charge < -0.3 is 5.32 Å². The van der Waals surface area contributed by atoms with Gasteiger partial charge in [-0.3, -0.25) is 15.0 Å². The molecule has 0 heterocycles. The van der Waals surface area contributed by atoms with E-state index in [1.165, 1.54) is 19.3 Å². The van der Waals surface area contributed by atoms with Crippen LogP contribution in [0.25, 0.3) is 0 Å². The fraction of sp³-hybridized carbons (Fsp3) is 0.875. The van der Waals surface area contributed by atoms with E-state index in [4.69, 9.17) is 0 Å². The topological polar surface area (TPSA) is 61.4 Å². The first-order valence-corrected chi connectivity index (χ1v) is 8.22. The zero-order valence-corrected chi connectivity index (χ0v) is 13.2. The van der Waals surface area contributed by atoms with Crippen molar-refractivity contribution in [3.8, 4) is 0 Å². The fourth-order valence-corrected chi connectivity index (χ4v) is 5.17. The highest BCUT2D eigenvalue weighted by Crippen LogP contribution is 2.60. The van der Waals surface area contributed by atoms with Crippen molar-refractivity contribution in [3.05, 3.63) is 0 Å². The van der Waals surface area contributed by atoms with Crippen LogP contribution in [0, 0.1) is 23.2 Å². The van der Waals surface area contributed by atoms with Crippen LogP contribution in [0.5, 0.6) is 0 Å². The van der Waals surface area contributed by atoms with Crippen molar-refractivity contribution < 1.29 is 9.59 Å². The van der Waals surface area contributed by atoms with Gasteiger partial charge in [0.1, 0.15) is 0 Å². The first-order chi connectivity index (χ1) is 9.97. The second-order valence-electron chi connectivity index (χ2n) is 7.63. The normalized spacial score (nSPS) is 36.8. The molecule has 21 heavy (non-hydrogen) atoms. The van der Waals surface area contributed by atoms with Gasteiger partial charge in [-0.05, 0) is 56.3 Å². The number of carbonyl (C=O) groups excluding carboxylic acids is 2. The summed E-state index contributed by atoms with van der Waals surface area (Å²) in [6, 6.07) is 0. The maximum atomic E-state index is 12.6. The molecule has 0 aromatic carbocycles. The monoisotopic (exact) mass is 293 g/mol. The van der Waals surface area contributed by atoms with E-state index in [1.807, 2.05) is 0 Å². The van der Waals surface area contributed by atoms with Crippen LogP contribution >= 0.6 is 0 Å². The Balaban J connectivity index is 1.50. The Hall–Kier alpha value is -1.10. The van der Waals surface area contributed by atoms with Gasteiger partial charge in [-0.25, -0.2) is 5.01 Å². The first kappa shape index (κ1) is 14.8. The fourth-order valence-electron chi connectivity index (χ4n) is 5.17. The Morgan fingerprint density at radius 1 is 1.05 bits per heavy atom. The number of hydrogen-bond acceptors (Lipinski definition) is 3. The van der Waals surface area contributed by atoms with Gasteiger partial charge in [0.15, 0.2) is 0 Å². The lowest BCUT2D eigenvalue weighted by molar-refractivity contribution is -0.146. The van der Waals surface area contributed by atoms with Gasteiger partial charge in [-0.2, -0.15) is 0 Å². The average molecular weight is 293 g/mol. The van der Waals surface area contributed by atoms with Crippen LogP contribution in [0.1, 0.15) is 44.9 Å². The molecule has 0 aromatic rings. The molecule has 5 heteroatoms. The van der Waals surface area contributed by atoms with Gasteiger partial charge >= 0.3 is 0 Å². The predicted octanol–water partition coefficient (Wildman–Crippen LogP) is 1.30. The number of rotatable bonds is 5. The van der Waals surface area contributed by atoms with Crippen LogP contribution in [0.2, 0.25) is 0 Å². The van der Waals surface area contributed by atoms with Crippen molar-refractivity contribution in [3.63, 3.8) is 0 Å². The van der Waals surface area contributed by atoms with Crippen LogP contribution < -0.4 is 10.7 Å². The molecule has 0 aliphatic heterocycles. The lowest BCUT2D eigenvalue weighted by Gasteiger charge is -2.55. The maximum absolute atomic E-state index is 12.6. The van der Waals surface area contributed by atoms with Crippen molar-refractivity contribution in [1.82, 2.24) is 15.8 Å². The standard InChI is InChI=1S/C16H27N3O2/c1-19(2)18-14(20)3-4-17-15(21)16-8-11-5-12(9-16)7-13(6-11)10-16/h11-13H,3-10H2,1-2H3,(H,17,21)(H,18,20). The molecule has 5 nitrogen and oxygen atoms in total. The molecule has 4 bridgehead atoms. The predicted molar refractivity (Wildman–Crippen MR) is 80.1 cm³/mol. The van der Waals surface area contributed by atoms with E-state index in [9.17, 15) is 9.59 Å². The molecule has 0 spiro atoms. The highest BCUT2D eigenvalue weighted by Gasteiger charge is 2.54. The molecule has 0 radical (unpaired) electrons. The summed E-state index contributed by atoms with van der Waals surface area (Å²) < 4.78 is 0. The molecule has 118 valence electrons. The Bertz CT molecular complexity index is 398. The van der Waals surface area contributed by atoms with E-state index < -0.39 is 0 Å². The summed E-state index contributed by atoms with van der Waals surface area (Å²) in [7, 11) is 3.57. The third kappa shape index (κ3) is 3.07. The number of hydrazine groups is 1. The second kappa shape index (κ2) is 5.59. The van der Waals surface area contributed by atoms with Crippen LogP contribution in [-0.2, 0) is 9.59 Å². The molecule has 4 aliphatic carbocycles. The van der Waals surface area contributed by atoms with Crippen molar-refractivity contribution in [2.24, 2.45) is 23.2 Å². The Morgan fingerprint density at radius 2 is 1.57 bits per heavy atom. The van der Waals surface area contributed by atoms with Crippen molar-refractivity contribution in [1.29, 1.82) is 0 Å².